The lowest BCUT2D eigenvalue weighted by molar-refractivity contribution is 0.190. The normalized spacial score (nSPS) is 19.3. The van der Waals surface area contributed by atoms with E-state index in [0.717, 1.165) is 18.6 Å². The molecule has 0 aromatic heterocycles. The molecule has 0 radical (unpaired) electrons. The number of hydrogen-bond donors (Lipinski definition) is 1. The Morgan fingerprint density at radius 2 is 2.14 bits per heavy atom. The van der Waals surface area contributed by atoms with Gasteiger partial charge in [0.05, 0.1) is 0 Å². The second-order valence-electron chi connectivity index (χ2n) is 4.63. The predicted octanol–water partition coefficient (Wildman–Crippen LogP) is 2.58. The third-order valence-electron chi connectivity index (χ3n) is 3.16. The van der Waals surface area contributed by atoms with Crippen molar-refractivity contribution < 1.29 is 4.74 Å². The van der Waals surface area contributed by atoms with Crippen molar-refractivity contribution in [3.63, 3.8) is 0 Å². The minimum absolute atomic E-state index is 0.826. The average molecular weight is 199 g/mol. The van der Waals surface area contributed by atoms with Gasteiger partial charge in [0.15, 0.2) is 0 Å². The van der Waals surface area contributed by atoms with Crippen molar-refractivity contribution in [3.8, 4) is 0 Å². The summed E-state index contributed by atoms with van der Waals surface area (Å²) in [5.41, 5.74) is 0. The van der Waals surface area contributed by atoms with Crippen molar-refractivity contribution in [1.82, 2.24) is 5.32 Å². The Hall–Kier alpha value is -0.0800. The highest BCUT2D eigenvalue weighted by molar-refractivity contribution is 4.76. The third-order valence-corrected chi connectivity index (χ3v) is 3.16. The van der Waals surface area contributed by atoms with Gasteiger partial charge in [-0.25, -0.2) is 0 Å². The van der Waals surface area contributed by atoms with Crippen LogP contribution in [0, 0.1) is 5.92 Å². The molecule has 1 atom stereocenters. The number of hydrogen-bond acceptors (Lipinski definition) is 2. The molecule has 84 valence electrons. The molecule has 2 nitrogen and oxygen atoms in total. The van der Waals surface area contributed by atoms with Gasteiger partial charge >= 0.3 is 0 Å². The summed E-state index contributed by atoms with van der Waals surface area (Å²) in [5.74, 6) is 0.826. The number of nitrogens with one attached hydrogen (secondary N) is 1. The summed E-state index contributed by atoms with van der Waals surface area (Å²) >= 11 is 0. The van der Waals surface area contributed by atoms with E-state index in [1.807, 2.05) is 0 Å². The van der Waals surface area contributed by atoms with E-state index in [9.17, 15) is 0 Å². The molecule has 1 unspecified atom stereocenters. The first-order chi connectivity index (χ1) is 6.83. The zero-order chi connectivity index (χ0) is 10.2. The highest BCUT2D eigenvalue weighted by Gasteiger charge is 2.16. The smallest absolute Gasteiger partial charge is 0.0462 e. The summed E-state index contributed by atoms with van der Waals surface area (Å²) in [7, 11) is 1.78. The molecule has 14 heavy (non-hydrogen) atoms. The van der Waals surface area contributed by atoms with Gasteiger partial charge in [0.1, 0.15) is 0 Å². The van der Waals surface area contributed by atoms with Gasteiger partial charge < -0.3 is 10.1 Å². The maximum atomic E-state index is 5.03. The monoisotopic (exact) mass is 199 g/mol. The van der Waals surface area contributed by atoms with Gasteiger partial charge in [-0.05, 0) is 38.1 Å². The van der Waals surface area contributed by atoms with Crippen molar-refractivity contribution in [3.05, 3.63) is 0 Å². The molecule has 0 bridgehead atoms. The maximum Gasteiger partial charge on any atom is 0.0462 e. The van der Waals surface area contributed by atoms with E-state index >= 15 is 0 Å². The Labute approximate surface area is 88.4 Å². The van der Waals surface area contributed by atoms with E-state index < -0.39 is 0 Å². The molecule has 1 fully saturated rings. The molecule has 0 amide bonds. The van der Waals surface area contributed by atoms with Crippen LogP contribution in [0.1, 0.15) is 45.4 Å². The van der Waals surface area contributed by atoms with Crippen LogP contribution in [0.5, 0.6) is 0 Å². The Morgan fingerprint density at radius 1 is 1.36 bits per heavy atom. The van der Waals surface area contributed by atoms with E-state index in [1.54, 1.807) is 7.11 Å². The Morgan fingerprint density at radius 3 is 2.71 bits per heavy atom. The maximum absolute atomic E-state index is 5.03. The van der Waals surface area contributed by atoms with E-state index in [1.165, 1.54) is 45.1 Å². The van der Waals surface area contributed by atoms with Crippen molar-refractivity contribution >= 4 is 0 Å². The van der Waals surface area contributed by atoms with Gasteiger partial charge in [-0.3, -0.25) is 0 Å². The first-order valence-electron chi connectivity index (χ1n) is 6.05. The van der Waals surface area contributed by atoms with Crippen molar-refractivity contribution in [2.24, 2.45) is 5.92 Å². The Balaban J connectivity index is 1.84. The molecule has 2 heteroatoms. The second kappa shape index (κ2) is 7.24. The first-order valence-corrected chi connectivity index (χ1v) is 6.05. The molecule has 0 aromatic rings. The standard InChI is InChI=1S/C12H25NO/c1-11(6-3-4-9-14-2)10-13-12-7-5-8-12/h11-13H,3-10H2,1-2H3. The van der Waals surface area contributed by atoms with Crippen LogP contribution >= 0.6 is 0 Å². The summed E-state index contributed by atoms with van der Waals surface area (Å²) in [5, 5.41) is 3.63. The van der Waals surface area contributed by atoms with E-state index in [-0.39, 0.29) is 0 Å². The van der Waals surface area contributed by atoms with Crippen LogP contribution in [0.15, 0.2) is 0 Å². The SMILES string of the molecule is COCCCCC(C)CNC1CCC1. The number of ether oxygens (including phenoxy) is 1. The number of unbranched alkanes of at least 4 members (excludes halogenated alkanes) is 1. The second-order valence-corrected chi connectivity index (χ2v) is 4.63. The largest absolute Gasteiger partial charge is 0.385 e. The highest BCUT2D eigenvalue weighted by Crippen LogP contribution is 2.18. The molecule has 1 N–H and O–H groups in total. The predicted molar refractivity (Wildman–Crippen MR) is 60.5 cm³/mol. The minimum atomic E-state index is 0.826. The molecule has 1 aliphatic carbocycles. The minimum Gasteiger partial charge on any atom is -0.385 e. The fourth-order valence-electron chi connectivity index (χ4n) is 1.82. The van der Waals surface area contributed by atoms with Gasteiger partial charge in [-0.15, -0.1) is 0 Å². The van der Waals surface area contributed by atoms with Crippen LogP contribution in [-0.2, 0) is 4.74 Å². The van der Waals surface area contributed by atoms with Crippen LogP contribution in [-0.4, -0.2) is 26.3 Å². The molecule has 1 rings (SSSR count). The lowest BCUT2D eigenvalue weighted by Gasteiger charge is -2.28. The van der Waals surface area contributed by atoms with Crippen LogP contribution in [0.4, 0.5) is 0 Å². The summed E-state index contributed by atoms with van der Waals surface area (Å²) in [6.45, 7) is 4.47. The molecule has 0 saturated heterocycles. The van der Waals surface area contributed by atoms with Crippen LogP contribution in [0.2, 0.25) is 0 Å². The van der Waals surface area contributed by atoms with E-state index in [0.29, 0.717) is 0 Å². The Bertz CT molecular complexity index is 134. The zero-order valence-corrected chi connectivity index (χ0v) is 9.72. The molecule has 0 heterocycles. The quantitative estimate of drug-likeness (QED) is 0.607. The topological polar surface area (TPSA) is 21.3 Å². The van der Waals surface area contributed by atoms with Crippen molar-refractivity contribution in [2.45, 2.75) is 51.5 Å². The van der Waals surface area contributed by atoms with Crippen LogP contribution in [0.25, 0.3) is 0 Å². The van der Waals surface area contributed by atoms with Gasteiger partial charge in [0.25, 0.3) is 0 Å². The van der Waals surface area contributed by atoms with Gasteiger partial charge in [-0.2, -0.15) is 0 Å². The number of methoxy groups -OCH3 is 1. The van der Waals surface area contributed by atoms with Gasteiger partial charge in [-0.1, -0.05) is 19.8 Å². The fraction of sp³-hybridized carbons (Fsp3) is 1.00. The van der Waals surface area contributed by atoms with Gasteiger partial charge in [0, 0.05) is 19.8 Å². The number of rotatable bonds is 8. The van der Waals surface area contributed by atoms with Crippen LogP contribution in [0.3, 0.4) is 0 Å². The zero-order valence-electron chi connectivity index (χ0n) is 9.72. The van der Waals surface area contributed by atoms with Gasteiger partial charge in [0.2, 0.25) is 0 Å². The third kappa shape index (κ3) is 4.97. The van der Waals surface area contributed by atoms with Crippen LogP contribution < -0.4 is 5.32 Å². The lowest BCUT2D eigenvalue weighted by atomic mass is 9.92. The average Bonchev–Trinajstić information content (AvgIpc) is 2.10. The van der Waals surface area contributed by atoms with Crippen molar-refractivity contribution in [2.75, 3.05) is 20.3 Å². The molecule has 0 aliphatic heterocycles. The lowest BCUT2D eigenvalue weighted by Crippen LogP contribution is -2.37. The van der Waals surface area contributed by atoms with E-state index in [4.69, 9.17) is 4.74 Å². The van der Waals surface area contributed by atoms with E-state index in [2.05, 4.69) is 12.2 Å². The fourth-order valence-corrected chi connectivity index (χ4v) is 1.82. The molecule has 0 spiro atoms. The highest BCUT2D eigenvalue weighted by atomic mass is 16.5. The molecular weight excluding hydrogens is 174 g/mol. The summed E-state index contributed by atoms with van der Waals surface area (Å²) in [6.07, 6.45) is 8.08. The first kappa shape index (κ1) is 12.0. The molecule has 1 saturated carbocycles. The molecule has 0 aromatic carbocycles. The van der Waals surface area contributed by atoms with Crippen molar-refractivity contribution in [1.29, 1.82) is 0 Å². The molecule has 1 aliphatic rings. The molecular formula is C12H25NO. The Kier molecular flexibility index (Phi) is 6.20. The summed E-state index contributed by atoms with van der Waals surface area (Å²) in [6, 6.07) is 0.844. The summed E-state index contributed by atoms with van der Waals surface area (Å²) in [4.78, 5) is 0. The summed E-state index contributed by atoms with van der Waals surface area (Å²) < 4.78 is 5.03.